The van der Waals surface area contributed by atoms with Crippen LogP contribution in [0.15, 0.2) is 22.3 Å². The summed E-state index contributed by atoms with van der Waals surface area (Å²) in [5.41, 5.74) is 1.65. The van der Waals surface area contributed by atoms with Gasteiger partial charge >= 0.3 is 11.9 Å². The van der Waals surface area contributed by atoms with Gasteiger partial charge in [-0.2, -0.15) is 0 Å². The third kappa shape index (κ3) is 1.04. The normalized spacial score (nSPS) is 50.4. The molecular formula is C22H20O6. The fourth-order valence-electron chi connectivity index (χ4n) is 9.73. The van der Waals surface area contributed by atoms with E-state index in [4.69, 9.17) is 9.47 Å². The highest BCUT2D eigenvalue weighted by atomic mass is 16.5. The minimum absolute atomic E-state index is 0.0841. The van der Waals surface area contributed by atoms with Crippen molar-refractivity contribution in [1.82, 2.24) is 0 Å². The number of hydrogen-bond acceptors (Lipinski definition) is 6. The number of carbonyl (C=O) groups is 4. The van der Waals surface area contributed by atoms with E-state index >= 15 is 0 Å². The quantitative estimate of drug-likeness (QED) is 0.673. The Morgan fingerprint density at radius 3 is 1.46 bits per heavy atom. The summed E-state index contributed by atoms with van der Waals surface area (Å²) in [6.07, 6.45) is 2.27. The fraction of sp³-hybridized carbons (Fsp3) is 0.636. The summed E-state index contributed by atoms with van der Waals surface area (Å²) < 4.78 is 10.7. The summed E-state index contributed by atoms with van der Waals surface area (Å²) in [6, 6.07) is 0. The lowest BCUT2D eigenvalue weighted by molar-refractivity contribution is -0.184. The van der Waals surface area contributed by atoms with Crippen molar-refractivity contribution >= 4 is 23.5 Å². The molecule has 4 fully saturated rings. The Morgan fingerprint density at radius 1 is 0.714 bits per heavy atom. The van der Waals surface area contributed by atoms with Crippen molar-refractivity contribution in [3.8, 4) is 0 Å². The van der Waals surface area contributed by atoms with Gasteiger partial charge in [-0.15, -0.1) is 0 Å². The number of ether oxygens (including phenoxy) is 2. The van der Waals surface area contributed by atoms with Crippen LogP contribution in [0.3, 0.4) is 0 Å². The summed E-state index contributed by atoms with van der Waals surface area (Å²) in [5.74, 6) is -1.14. The van der Waals surface area contributed by atoms with Crippen molar-refractivity contribution in [3.63, 3.8) is 0 Å². The first kappa shape index (κ1) is 15.7. The average Bonchev–Trinajstić information content (AvgIpc) is 3.49. The molecule has 0 unspecified atom stereocenters. The Labute approximate surface area is 161 Å². The second kappa shape index (κ2) is 4.19. The largest absolute Gasteiger partial charge is 0.469 e. The molecule has 0 radical (unpaired) electrons. The number of ketones is 2. The van der Waals surface area contributed by atoms with Crippen LogP contribution in [0.5, 0.6) is 0 Å². The fourth-order valence-corrected chi connectivity index (χ4v) is 9.73. The molecule has 8 atom stereocenters. The van der Waals surface area contributed by atoms with Crippen molar-refractivity contribution in [2.45, 2.75) is 25.7 Å². The highest BCUT2D eigenvalue weighted by Gasteiger charge is 2.98. The molecule has 0 spiro atoms. The SMILES string of the molecule is COC(=O)[C@@]12[C@H]3C4=C(C(=O)CC4)[C@@H]4[C@H]3[C@@H]3[C@@H]1C1=C(CCC1=O)[C@@H]3[C@]42C(=O)OC. The van der Waals surface area contributed by atoms with Crippen LogP contribution in [0, 0.1) is 46.3 Å². The third-order valence-corrected chi connectivity index (χ3v) is 9.59. The van der Waals surface area contributed by atoms with E-state index in [1.165, 1.54) is 14.2 Å². The maximum absolute atomic E-state index is 13.5. The zero-order valence-electron chi connectivity index (χ0n) is 15.7. The van der Waals surface area contributed by atoms with Gasteiger partial charge in [0.05, 0.1) is 25.0 Å². The zero-order valence-corrected chi connectivity index (χ0v) is 15.7. The van der Waals surface area contributed by atoms with E-state index in [1.807, 2.05) is 0 Å². The molecule has 6 nitrogen and oxygen atoms in total. The first-order valence-corrected chi connectivity index (χ1v) is 10.2. The highest BCUT2D eigenvalue weighted by molar-refractivity contribution is 6.09. The van der Waals surface area contributed by atoms with Gasteiger partial charge in [-0.1, -0.05) is 11.1 Å². The van der Waals surface area contributed by atoms with Crippen molar-refractivity contribution in [1.29, 1.82) is 0 Å². The predicted octanol–water partition coefficient (Wildman–Crippen LogP) is 1.39. The molecule has 0 heterocycles. The maximum atomic E-state index is 13.5. The number of rotatable bonds is 2. The molecule has 8 aliphatic carbocycles. The Bertz CT molecular complexity index is 950. The van der Waals surface area contributed by atoms with Gasteiger partial charge in [-0.05, 0) is 35.8 Å². The summed E-state index contributed by atoms with van der Waals surface area (Å²) in [6.45, 7) is 0. The van der Waals surface area contributed by atoms with Crippen molar-refractivity contribution in [3.05, 3.63) is 22.3 Å². The molecule has 0 saturated heterocycles. The number of carbonyl (C=O) groups excluding carboxylic acids is 4. The molecule has 6 heteroatoms. The lowest BCUT2D eigenvalue weighted by Gasteiger charge is -2.51. The molecule has 0 amide bonds. The van der Waals surface area contributed by atoms with E-state index in [2.05, 4.69) is 0 Å². The smallest absolute Gasteiger partial charge is 0.314 e. The Balaban J connectivity index is 1.60. The topological polar surface area (TPSA) is 86.7 Å². The molecule has 8 bridgehead atoms. The molecule has 8 rings (SSSR count). The molecule has 0 N–H and O–H groups in total. The van der Waals surface area contributed by atoms with Gasteiger partial charge in [0.15, 0.2) is 11.6 Å². The van der Waals surface area contributed by atoms with E-state index in [0.717, 1.165) is 22.3 Å². The first-order valence-electron chi connectivity index (χ1n) is 10.2. The molecule has 4 saturated carbocycles. The Morgan fingerprint density at radius 2 is 1.11 bits per heavy atom. The van der Waals surface area contributed by atoms with Crippen LogP contribution in [-0.2, 0) is 28.7 Å². The molecule has 144 valence electrons. The standard InChI is InChI=1S/C22H20O6/c1-27-19(25)21-15-7-3-5-10(24)12(7)18-13(15)14-16(22(18,21)20(26)28-2)8-4-6-9(23)11(8)17(14)21/h13-18H,3-6H2,1-2H3/t13-,14-,15-,16-,17-,18+,21+,22+/m0/s1. The minimum Gasteiger partial charge on any atom is -0.469 e. The maximum Gasteiger partial charge on any atom is 0.314 e. The Kier molecular flexibility index (Phi) is 2.34. The van der Waals surface area contributed by atoms with E-state index in [9.17, 15) is 19.2 Å². The van der Waals surface area contributed by atoms with Gasteiger partial charge in [0.2, 0.25) is 0 Å². The van der Waals surface area contributed by atoms with E-state index in [-0.39, 0.29) is 59.0 Å². The van der Waals surface area contributed by atoms with Gasteiger partial charge < -0.3 is 9.47 Å². The van der Waals surface area contributed by atoms with Crippen molar-refractivity contribution < 1.29 is 28.7 Å². The second-order valence-corrected chi connectivity index (χ2v) is 9.51. The van der Waals surface area contributed by atoms with Crippen LogP contribution in [0.4, 0.5) is 0 Å². The van der Waals surface area contributed by atoms with Crippen molar-refractivity contribution in [2.24, 2.45) is 46.3 Å². The second-order valence-electron chi connectivity index (χ2n) is 9.51. The van der Waals surface area contributed by atoms with Crippen molar-refractivity contribution in [2.75, 3.05) is 14.2 Å². The molecule has 28 heavy (non-hydrogen) atoms. The molecule has 0 aliphatic heterocycles. The average molecular weight is 380 g/mol. The predicted molar refractivity (Wildman–Crippen MR) is 92.4 cm³/mol. The van der Waals surface area contributed by atoms with Gasteiger partial charge in [0.25, 0.3) is 0 Å². The van der Waals surface area contributed by atoms with Crippen LogP contribution in [0.25, 0.3) is 0 Å². The summed E-state index contributed by atoms with van der Waals surface area (Å²) >= 11 is 0. The lowest BCUT2D eigenvalue weighted by atomic mass is 9.48. The van der Waals surface area contributed by atoms with Gasteiger partial charge in [0.1, 0.15) is 0 Å². The van der Waals surface area contributed by atoms with Crippen LogP contribution in [-0.4, -0.2) is 37.7 Å². The molecule has 0 aromatic carbocycles. The number of methoxy groups -OCH3 is 2. The van der Waals surface area contributed by atoms with Gasteiger partial charge in [-0.3, -0.25) is 19.2 Å². The number of hydrogen-bond donors (Lipinski definition) is 0. The monoisotopic (exact) mass is 380 g/mol. The summed E-state index contributed by atoms with van der Waals surface area (Å²) in [7, 11) is 2.74. The highest BCUT2D eigenvalue weighted by Crippen LogP contribution is 2.95. The van der Waals surface area contributed by atoms with Crippen LogP contribution >= 0.6 is 0 Å². The van der Waals surface area contributed by atoms with Gasteiger partial charge in [-0.25, -0.2) is 0 Å². The minimum atomic E-state index is -1.07. The first-order chi connectivity index (χ1) is 13.5. The third-order valence-electron chi connectivity index (χ3n) is 9.59. The molecule has 0 aromatic heterocycles. The van der Waals surface area contributed by atoms with Crippen LogP contribution in [0.1, 0.15) is 25.7 Å². The van der Waals surface area contributed by atoms with E-state index in [0.29, 0.717) is 25.7 Å². The molecule has 8 aliphatic rings. The number of allylic oxidation sites excluding steroid dienone is 4. The number of esters is 2. The van der Waals surface area contributed by atoms with Crippen LogP contribution in [0.2, 0.25) is 0 Å². The van der Waals surface area contributed by atoms with Crippen LogP contribution < -0.4 is 0 Å². The molecule has 0 aromatic rings. The summed E-state index contributed by atoms with van der Waals surface area (Å²) in [4.78, 5) is 52.6. The zero-order chi connectivity index (χ0) is 19.3. The summed E-state index contributed by atoms with van der Waals surface area (Å²) in [5, 5.41) is 0. The lowest BCUT2D eigenvalue weighted by Crippen LogP contribution is -2.61. The molecular weight excluding hydrogens is 360 g/mol. The Hall–Kier alpha value is -2.24. The van der Waals surface area contributed by atoms with E-state index in [1.54, 1.807) is 0 Å². The van der Waals surface area contributed by atoms with Gasteiger partial charge in [0, 0.05) is 36.5 Å². The number of Topliss-reactive ketones (excluding diaryl/α,β-unsaturated/α-hetero) is 2. The van der Waals surface area contributed by atoms with E-state index < -0.39 is 10.8 Å².